The number of hydrogen-bond acceptors (Lipinski definition) is 8. The SMILES string of the molecule is C=CC(=O)N1CCCC(Nc2ncnc(N)c2C(=N)C2=CC(Cl)=C(OCc3cccs3)CC2)C1. The number of thiophene rings is 1. The molecule has 0 aromatic carbocycles. The van der Waals surface area contributed by atoms with Gasteiger partial charge in [-0.1, -0.05) is 24.2 Å². The van der Waals surface area contributed by atoms with E-state index in [0.29, 0.717) is 49.0 Å². The first-order valence-corrected chi connectivity index (χ1v) is 12.3. The van der Waals surface area contributed by atoms with Gasteiger partial charge in [0.25, 0.3) is 0 Å². The number of nitrogens with two attached hydrogens (primary N) is 1. The van der Waals surface area contributed by atoms with Crippen LogP contribution >= 0.6 is 22.9 Å². The van der Waals surface area contributed by atoms with Gasteiger partial charge in [-0.25, -0.2) is 9.97 Å². The number of carbonyl (C=O) groups excluding carboxylic acids is 1. The summed E-state index contributed by atoms with van der Waals surface area (Å²) in [6.07, 6.45) is 7.40. The summed E-state index contributed by atoms with van der Waals surface area (Å²) in [7, 11) is 0. The van der Waals surface area contributed by atoms with E-state index < -0.39 is 0 Å². The lowest BCUT2D eigenvalue weighted by atomic mass is 9.94. The minimum atomic E-state index is -0.0902. The first kappa shape index (κ1) is 24.0. The van der Waals surface area contributed by atoms with Gasteiger partial charge in [0.05, 0.1) is 16.3 Å². The third-order valence-electron chi connectivity index (χ3n) is 5.85. The summed E-state index contributed by atoms with van der Waals surface area (Å²) in [6.45, 7) is 5.28. The van der Waals surface area contributed by atoms with Gasteiger partial charge in [0.1, 0.15) is 30.3 Å². The monoisotopic (exact) mass is 498 g/mol. The molecule has 178 valence electrons. The van der Waals surface area contributed by atoms with Crippen LogP contribution in [0.5, 0.6) is 0 Å². The molecular weight excluding hydrogens is 472 g/mol. The molecule has 1 aliphatic carbocycles. The quantitative estimate of drug-likeness (QED) is 0.365. The lowest BCUT2D eigenvalue weighted by Crippen LogP contribution is -2.44. The van der Waals surface area contributed by atoms with Crippen molar-refractivity contribution < 1.29 is 9.53 Å². The molecule has 2 aliphatic rings. The molecule has 1 aliphatic heterocycles. The van der Waals surface area contributed by atoms with Crippen LogP contribution in [0, 0.1) is 5.41 Å². The number of likely N-dealkylation sites (tertiary alicyclic amines) is 1. The molecule has 0 bridgehead atoms. The fraction of sp³-hybridized carbons (Fsp3) is 0.333. The number of allylic oxidation sites excluding steroid dienone is 4. The van der Waals surface area contributed by atoms with Crippen molar-refractivity contribution >= 4 is 46.2 Å². The van der Waals surface area contributed by atoms with Crippen LogP contribution in [0.2, 0.25) is 0 Å². The van der Waals surface area contributed by atoms with Gasteiger partial charge in [-0.05, 0) is 48.4 Å². The van der Waals surface area contributed by atoms with Crippen molar-refractivity contribution in [3.8, 4) is 0 Å². The van der Waals surface area contributed by atoms with Crippen LogP contribution < -0.4 is 11.1 Å². The molecule has 1 atom stereocenters. The predicted octanol–water partition coefficient (Wildman–Crippen LogP) is 4.46. The van der Waals surface area contributed by atoms with E-state index >= 15 is 0 Å². The van der Waals surface area contributed by atoms with E-state index in [9.17, 15) is 4.79 Å². The number of hydrogen-bond donors (Lipinski definition) is 3. The number of halogens is 1. The van der Waals surface area contributed by atoms with Crippen LogP contribution in [0.15, 0.2) is 58.9 Å². The number of ether oxygens (including phenoxy) is 1. The number of piperidine rings is 1. The Hall–Kier alpha value is -3.17. The molecule has 3 heterocycles. The van der Waals surface area contributed by atoms with Gasteiger partial charge in [-0.3, -0.25) is 10.2 Å². The Balaban J connectivity index is 1.51. The minimum Gasteiger partial charge on any atom is -0.491 e. The third-order valence-corrected chi connectivity index (χ3v) is 7.02. The van der Waals surface area contributed by atoms with Crippen LogP contribution in [-0.4, -0.2) is 45.6 Å². The van der Waals surface area contributed by atoms with E-state index in [1.165, 1.54) is 12.4 Å². The third kappa shape index (κ3) is 5.48. The zero-order valence-corrected chi connectivity index (χ0v) is 20.3. The minimum absolute atomic E-state index is 0.0143. The molecule has 34 heavy (non-hydrogen) atoms. The Labute approximate surface area is 207 Å². The van der Waals surface area contributed by atoms with E-state index in [1.807, 2.05) is 17.5 Å². The molecule has 4 rings (SSSR count). The van der Waals surface area contributed by atoms with Crippen LogP contribution in [0.3, 0.4) is 0 Å². The maximum atomic E-state index is 12.0. The molecule has 1 amide bonds. The maximum Gasteiger partial charge on any atom is 0.246 e. The molecule has 2 aromatic rings. The number of anilines is 2. The predicted molar refractivity (Wildman–Crippen MR) is 136 cm³/mol. The maximum absolute atomic E-state index is 12.0. The zero-order chi connectivity index (χ0) is 24.1. The van der Waals surface area contributed by atoms with Gasteiger partial charge in [0.2, 0.25) is 5.91 Å². The highest BCUT2D eigenvalue weighted by atomic mass is 35.5. The lowest BCUT2D eigenvalue weighted by molar-refractivity contribution is -0.127. The summed E-state index contributed by atoms with van der Waals surface area (Å²) < 4.78 is 5.90. The highest BCUT2D eigenvalue weighted by molar-refractivity contribution is 7.09. The second-order valence-electron chi connectivity index (χ2n) is 8.14. The zero-order valence-electron chi connectivity index (χ0n) is 18.7. The number of aromatic nitrogens is 2. The van der Waals surface area contributed by atoms with Crippen LogP contribution in [0.25, 0.3) is 0 Å². The topological polar surface area (TPSA) is 117 Å². The summed E-state index contributed by atoms with van der Waals surface area (Å²) in [5, 5.41) is 14.7. The van der Waals surface area contributed by atoms with Crippen molar-refractivity contribution in [2.24, 2.45) is 0 Å². The van der Waals surface area contributed by atoms with E-state index in [0.717, 1.165) is 29.1 Å². The number of amides is 1. The van der Waals surface area contributed by atoms with Crippen molar-refractivity contribution in [3.63, 3.8) is 0 Å². The molecule has 0 saturated carbocycles. The van der Waals surface area contributed by atoms with Gasteiger partial charge in [0.15, 0.2) is 0 Å². The average molecular weight is 499 g/mol. The van der Waals surface area contributed by atoms with Gasteiger partial charge in [-0.15, -0.1) is 11.3 Å². The van der Waals surface area contributed by atoms with Gasteiger partial charge in [0, 0.05) is 30.4 Å². The van der Waals surface area contributed by atoms with Crippen molar-refractivity contribution in [2.45, 2.75) is 38.3 Å². The number of rotatable bonds is 8. The van der Waals surface area contributed by atoms with Gasteiger partial charge < -0.3 is 20.7 Å². The fourth-order valence-electron chi connectivity index (χ4n) is 4.10. The Morgan fingerprint density at radius 2 is 2.29 bits per heavy atom. The molecule has 10 heteroatoms. The molecule has 1 fully saturated rings. The second kappa shape index (κ2) is 10.8. The van der Waals surface area contributed by atoms with Crippen LogP contribution in [0.4, 0.5) is 11.6 Å². The van der Waals surface area contributed by atoms with Crippen molar-refractivity contribution in [3.05, 3.63) is 69.4 Å². The molecule has 8 nitrogen and oxygen atoms in total. The molecule has 4 N–H and O–H groups in total. The van der Waals surface area contributed by atoms with Crippen molar-refractivity contribution in [1.82, 2.24) is 14.9 Å². The standard InChI is InChI=1S/C24H27ClN6O2S/c1-2-20(32)31-9-3-5-16(12-31)30-24-21(23(27)28-14-29-24)22(26)15-7-8-19(18(25)11-15)33-13-17-6-4-10-34-17/h2,4,6,10-11,14,16,26H,1,3,5,7-9,12-13H2,(H3,27,28,29,30). The molecule has 1 saturated heterocycles. The Bertz CT molecular complexity index is 1140. The van der Waals surface area contributed by atoms with Gasteiger partial charge >= 0.3 is 0 Å². The first-order valence-electron chi connectivity index (χ1n) is 11.1. The number of nitrogens with zero attached hydrogens (tertiary/aromatic N) is 3. The van der Waals surface area contributed by atoms with E-state index in [4.69, 9.17) is 27.5 Å². The molecular formula is C24H27ClN6O2S. The summed E-state index contributed by atoms with van der Waals surface area (Å²) >= 11 is 8.14. The molecule has 2 aromatic heterocycles. The second-order valence-corrected chi connectivity index (χ2v) is 9.58. The smallest absolute Gasteiger partial charge is 0.246 e. The average Bonchev–Trinajstić information content (AvgIpc) is 3.36. The molecule has 0 radical (unpaired) electrons. The first-order chi connectivity index (χ1) is 16.5. The lowest BCUT2D eigenvalue weighted by Gasteiger charge is -2.33. The van der Waals surface area contributed by atoms with Crippen LogP contribution in [0.1, 0.15) is 36.1 Å². The van der Waals surface area contributed by atoms with E-state index in [2.05, 4.69) is 21.9 Å². The van der Waals surface area contributed by atoms with Crippen molar-refractivity contribution in [1.29, 1.82) is 5.41 Å². The number of carbonyl (C=O) groups is 1. The highest BCUT2D eigenvalue weighted by Crippen LogP contribution is 2.32. The Kier molecular flexibility index (Phi) is 7.64. The van der Waals surface area contributed by atoms with Crippen molar-refractivity contribution in [2.75, 3.05) is 24.1 Å². The Morgan fingerprint density at radius 3 is 3.03 bits per heavy atom. The summed E-state index contributed by atoms with van der Waals surface area (Å²) in [6, 6.07) is 3.99. The van der Waals surface area contributed by atoms with E-state index in [1.54, 1.807) is 22.3 Å². The molecule has 0 spiro atoms. The van der Waals surface area contributed by atoms with E-state index in [-0.39, 0.29) is 23.5 Å². The normalized spacial score (nSPS) is 18.3. The summed E-state index contributed by atoms with van der Waals surface area (Å²) in [4.78, 5) is 23.4. The number of nitrogen functional groups attached to an aromatic ring is 1. The largest absolute Gasteiger partial charge is 0.491 e. The van der Waals surface area contributed by atoms with Crippen LogP contribution in [-0.2, 0) is 16.1 Å². The fourth-order valence-corrected chi connectivity index (χ4v) is 4.99. The molecule has 1 unspecified atom stereocenters. The summed E-state index contributed by atoms with van der Waals surface area (Å²) in [5.74, 6) is 1.33. The Morgan fingerprint density at radius 1 is 1.44 bits per heavy atom. The summed E-state index contributed by atoms with van der Waals surface area (Å²) in [5.41, 5.74) is 7.60. The number of nitrogens with one attached hydrogen (secondary N) is 2. The van der Waals surface area contributed by atoms with Gasteiger partial charge in [-0.2, -0.15) is 0 Å². The highest BCUT2D eigenvalue weighted by Gasteiger charge is 2.26.